The molecule has 0 radical (unpaired) electrons. The van der Waals surface area contributed by atoms with Crippen molar-refractivity contribution in [2.45, 2.75) is 25.8 Å². The molecule has 1 aliphatic rings. The van der Waals surface area contributed by atoms with Crippen LogP contribution in [0.1, 0.15) is 19.8 Å². The van der Waals surface area contributed by atoms with E-state index in [1.54, 1.807) is 12.1 Å². The summed E-state index contributed by atoms with van der Waals surface area (Å²) in [4.78, 5) is 14.3. The molecule has 1 fully saturated rings. The zero-order valence-electron chi connectivity index (χ0n) is 12.1. The van der Waals surface area contributed by atoms with Crippen molar-refractivity contribution in [1.82, 2.24) is 10.2 Å². The van der Waals surface area contributed by atoms with Gasteiger partial charge in [-0.15, -0.1) is 0 Å². The van der Waals surface area contributed by atoms with Gasteiger partial charge in [-0.25, -0.2) is 0 Å². The van der Waals surface area contributed by atoms with Gasteiger partial charge in [0, 0.05) is 23.6 Å². The van der Waals surface area contributed by atoms with Gasteiger partial charge in [0.25, 0.3) is 5.91 Å². The van der Waals surface area contributed by atoms with Crippen molar-refractivity contribution >= 4 is 33.4 Å². The first kappa shape index (κ1) is 16.6. The van der Waals surface area contributed by atoms with E-state index in [4.69, 9.17) is 16.3 Å². The van der Waals surface area contributed by atoms with Crippen LogP contribution in [0, 0.1) is 0 Å². The second-order valence-corrected chi connectivity index (χ2v) is 6.46. The fourth-order valence-corrected chi connectivity index (χ4v) is 3.13. The van der Waals surface area contributed by atoms with Gasteiger partial charge in [-0.2, -0.15) is 0 Å². The monoisotopic (exact) mass is 374 g/mol. The summed E-state index contributed by atoms with van der Waals surface area (Å²) in [6, 6.07) is 5.58. The summed E-state index contributed by atoms with van der Waals surface area (Å²) >= 11 is 9.37. The maximum absolute atomic E-state index is 11.9. The molecule has 0 atom stereocenters. The molecule has 1 heterocycles. The van der Waals surface area contributed by atoms with E-state index in [9.17, 15) is 4.79 Å². The van der Waals surface area contributed by atoms with E-state index >= 15 is 0 Å². The molecule has 0 aromatic heterocycles. The summed E-state index contributed by atoms with van der Waals surface area (Å²) < 4.78 is 6.34. The van der Waals surface area contributed by atoms with Gasteiger partial charge >= 0.3 is 0 Å². The number of hydrogen-bond donors (Lipinski definition) is 1. The van der Waals surface area contributed by atoms with Crippen molar-refractivity contribution in [1.29, 1.82) is 0 Å². The van der Waals surface area contributed by atoms with E-state index in [1.165, 1.54) is 0 Å². The highest BCUT2D eigenvalue weighted by molar-refractivity contribution is 9.10. The average Bonchev–Trinajstić information content (AvgIpc) is 2.47. The highest BCUT2D eigenvalue weighted by Gasteiger charge is 2.19. The highest BCUT2D eigenvalue weighted by Crippen LogP contribution is 2.27. The van der Waals surface area contributed by atoms with Crippen LogP contribution in [0.5, 0.6) is 5.75 Å². The molecule has 1 amide bonds. The van der Waals surface area contributed by atoms with Crippen LogP contribution in [0.4, 0.5) is 0 Å². The molecule has 0 spiro atoms. The van der Waals surface area contributed by atoms with Crippen LogP contribution in [-0.2, 0) is 4.79 Å². The first-order valence-corrected chi connectivity index (χ1v) is 8.35. The zero-order valence-corrected chi connectivity index (χ0v) is 14.4. The molecule has 1 saturated heterocycles. The van der Waals surface area contributed by atoms with Crippen LogP contribution in [0.15, 0.2) is 22.7 Å². The second-order valence-electron chi connectivity index (χ2n) is 5.14. The lowest BCUT2D eigenvalue weighted by Gasteiger charge is -2.31. The number of benzene rings is 1. The van der Waals surface area contributed by atoms with Gasteiger partial charge in [-0.05, 0) is 37.6 Å². The molecule has 116 valence electrons. The van der Waals surface area contributed by atoms with Crippen LogP contribution in [-0.4, -0.2) is 43.1 Å². The number of hydrogen-bond acceptors (Lipinski definition) is 3. The number of carbonyl (C=O) groups is 1. The molecule has 2 rings (SSSR count). The summed E-state index contributed by atoms with van der Waals surface area (Å²) in [5.41, 5.74) is 0. The number of carbonyl (C=O) groups excluding carboxylic acids is 1. The normalized spacial score (nSPS) is 16.7. The van der Waals surface area contributed by atoms with E-state index in [0.29, 0.717) is 10.8 Å². The van der Waals surface area contributed by atoms with Gasteiger partial charge in [0.15, 0.2) is 6.61 Å². The molecule has 1 aromatic carbocycles. The molecule has 6 heteroatoms. The largest absolute Gasteiger partial charge is 0.482 e. The predicted molar refractivity (Wildman–Crippen MR) is 87.9 cm³/mol. The van der Waals surface area contributed by atoms with Crippen molar-refractivity contribution in [2.24, 2.45) is 0 Å². The third kappa shape index (κ3) is 5.16. The molecular weight excluding hydrogens is 356 g/mol. The van der Waals surface area contributed by atoms with E-state index in [-0.39, 0.29) is 18.6 Å². The number of nitrogens with one attached hydrogen (secondary N) is 1. The summed E-state index contributed by atoms with van der Waals surface area (Å²) in [6.45, 7) is 5.32. The van der Waals surface area contributed by atoms with Crippen molar-refractivity contribution in [2.75, 3.05) is 26.2 Å². The van der Waals surface area contributed by atoms with E-state index in [2.05, 4.69) is 33.1 Å². The Balaban J connectivity index is 1.75. The maximum Gasteiger partial charge on any atom is 0.258 e. The summed E-state index contributed by atoms with van der Waals surface area (Å²) in [7, 11) is 0. The number of halogens is 2. The van der Waals surface area contributed by atoms with Gasteiger partial charge in [0.2, 0.25) is 0 Å². The lowest BCUT2D eigenvalue weighted by Crippen LogP contribution is -2.45. The minimum Gasteiger partial charge on any atom is -0.482 e. The molecule has 1 N–H and O–H groups in total. The summed E-state index contributed by atoms with van der Waals surface area (Å²) in [5.74, 6) is 0.430. The minimum atomic E-state index is -0.0936. The Morgan fingerprint density at radius 2 is 2.19 bits per heavy atom. The third-order valence-corrected chi connectivity index (χ3v) is 4.44. The van der Waals surface area contributed by atoms with Crippen molar-refractivity contribution in [3.8, 4) is 5.75 Å². The number of piperidine rings is 1. The van der Waals surface area contributed by atoms with E-state index in [1.807, 2.05) is 6.07 Å². The Morgan fingerprint density at radius 1 is 1.48 bits per heavy atom. The van der Waals surface area contributed by atoms with Crippen LogP contribution in [0.2, 0.25) is 5.02 Å². The Bertz CT molecular complexity index is 491. The topological polar surface area (TPSA) is 41.6 Å². The van der Waals surface area contributed by atoms with Crippen LogP contribution >= 0.6 is 27.5 Å². The molecule has 0 aliphatic carbocycles. The molecular formula is C15H20BrClN2O2. The Labute approximate surface area is 138 Å². The first-order valence-electron chi connectivity index (χ1n) is 7.18. The SMILES string of the molecule is CCN1CCC(NC(=O)COc2ccc(Br)cc2Cl)CC1. The maximum atomic E-state index is 11.9. The minimum absolute atomic E-state index is 0.00462. The summed E-state index contributed by atoms with van der Waals surface area (Å²) in [5, 5.41) is 3.52. The Kier molecular flexibility index (Phi) is 6.33. The van der Waals surface area contributed by atoms with Crippen molar-refractivity contribution < 1.29 is 9.53 Å². The van der Waals surface area contributed by atoms with Gasteiger partial charge in [0.1, 0.15) is 5.75 Å². The van der Waals surface area contributed by atoms with Crippen molar-refractivity contribution in [3.05, 3.63) is 27.7 Å². The van der Waals surface area contributed by atoms with Gasteiger partial charge in [-0.1, -0.05) is 34.5 Å². The van der Waals surface area contributed by atoms with Crippen LogP contribution in [0.25, 0.3) is 0 Å². The van der Waals surface area contributed by atoms with E-state index in [0.717, 1.165) is 36.9 Å². The van der Waals surface area contributed by atoms with Crippen LogP contribution in [0.3, 0.4) is 0 Å². The zero-order chi connectivity index (χ0) is 15.2. The average molecular weight is 376 g/mol. The lowest BCUT2D eigenvalue weighted by molar-refractivity contribution is -0.124. The fraction of sp³-hybridized carbons (Fsp3) is 0.533. The van der Waals surface area contributed by atoms with Gasteiger partial charge in [-0.3, -0.25) is 4.79 Å². The standard InChI is InChI=1S/C15H20BrClN2O2/c1-2-19-7-5-12(6-8-19)18-15(20)10-21-14-4-3-11(16)9-13(14)17/h3-4,9,12H,2,5-8,10H2,1H3,(H,18,20). The van der Waals surface area contributed by atoms with Crippen molar-refractivity contribution in [3.63, 3.8) is 0 Å². The lowest BCUT2D eigenvalue weighted by atomic mass is 10.1. The molecule has 4 nitrogen and oxygen atoms in total. The number of amides is 1. The second kappa shape index (κ2) is 8.01. The van der Waals surface area contributed by atoms with E-state index < -0.39 is 0 Å². The predicted octanol–water partition coefficient (Wildman–Crippen LogP) is 3.08. The highest BCUT2D eigenvalue weighted by atomic mass is 79.9. The molecule has 0 bridgehead atoms. The molecule has 0 unspecified atom stereocenters. The molecule has 1 aromatic rings. The smallest absolute Gasteiger partial charge is 0.258 e. The van der Waals surface area contributed by atoms with Gasteiger partial charge in [0.05, 0.1) is 5.02 Å². The summed E-state index contributed by atoms with van der Waals surface area (Å²) in [6.07, 6.45) is 2.00. The number of likely N-dealkylation sites (tertiary alicyclic amines) is 1. The molecule has 21 heavy (non-hydrogen) atoms. The van der Waals surface area contributed by atoms with Crippen LogP contribution < -0.4 is 10.1 Å². The number of nitrogens with zero attached hydrogens (tertiary/aromatic N) is 1. The first-order chi connectivity index (χ1) is 10.1. The Hall–Kier alpha value is -0.780. The molecule has 1 aliphatic heterocycles. The quantitative estimate of drug-likeness (QED) is 0.860. The number of rotatable bonds is 5. The fourth-order valence-electron chi connectivity index (χ4n) is 2.40. The van der Waals surface area contributed by atoms with Gasteiger partial charge < -0.3 is 15.0 Å². The Morgan fingerprint density at radius 3 is 2.81 bits per heavy atom. The number of ether oxygens (including phenoxy) is 1. The third-order valence-electron chi connectivity index (χ3n) is 3.65. The molecule has 0 saturated carbocycles.